The zero-order valence-corrected chi connectivity index (χ0v) is 21.6. The fraction of sp³-hybridized carbons (Fsp3) is 0.407. The molecule has 1 aliphatic heterocycles. The Balaban J connectivity index is 1.34. The average Bonchev–Trinajstić information content (AvgIpc) is 3.26. The van der Waals surface area contributed by atoms with Crippen LogP contribution in [0, 0.1) is 5.92 Å². The van der Waals surface area contributed by atoms with Crippen molar-refractivity contribution in [2.75, 3.05) is 13.1 Å². The van der Waals surface area contributed by atoms with Crippen molar-refractivity contribution < 1.29 is 14.3 Å². The number of nitrogens with zero attached hydrogens (tertiary/aromatic N) is 3. The van der Waals surface area contributed by atoms with Crippen molar-refractivity contribution in [2.45, 2.75) is 52.4 Å². The minimum Gasteiger partial charge on any atom is -0.489 e. The Kier molecular flexibility index (Phi) is 7.61. The van der Waals surface area contributed by atoms with E-state index in [9.17, 15) is 4.79 Å². The summed E-state index contributed by atoms with van der Waals surface area (Å²) < 4.78 is 14.5. The van der Waals surface area contributed by atoms with Gasteiger partial charge in [-0.15, -0.1) is 0 Å². The third-order valence-corrected chi connectivity index (χ3v) is 6.26. The third-order valence-electron chi connectivity index (χ3n) is 5.80. The molecule has 0 saturated carbocycles. The minimum atomic E-state index is -0.460. The smallest absolute Gasteiger partial charge is 0.410 e. The first-order chi connectivity index (χ1) is 16.2. The number of piperidine rings is 1. The fourth-order valence-electron chi connectivity index (χ4n) is 4.06. The highest BCUT2D eigenvalue weighted by Crippen LogP contribution is 2.30. The maximum atomic E-state index is 12.3. The van der Waals surface area contributed by atoms with Crippen LogP contribution < -0.4 is 4.74 Å². The number of aromatic nitrogens is 2. The van der Waals surface area contributed by atoms with Crippen LogP contribution in [0.25, 0.3) is 11.1 Å². The Labute approximate surface area is 210 Å². The molecule has 2 aromatic carbocycles. The van der Waals surface area contributed by atoms with Gasteiger partial charge in [0.15, 0.2) is 0 Å². The number of carbonyl (C=O) groups is 1. The van der Waals surface area contributed by atoms with E-state index < -0.39 is 5.60 Å². The molecule has 0 bridgehead atoms. The molecule has 7 heteroatoms. The summed E-state index contributed by atoms with van der Waals surface area (Å²) in [5, 5.41) is 4.60. The summed E-state index contributed by atoms with van der Waals surface area (Å²) in [6, 6.07) is 16.3. The molecule has 0 N–H and O–H groups in total. The van der Waals surface area contributed by atoms with Gasteiger partial charge in [0.25, 0.3) is 0 Å². The van der Waals surface area contributed by atoms with Crippen LogP contribution in [0.4, 0.5) is 4.79 Å². The lowest BCUT2D eigenvalue weighted by molar-refractivity contribution is 0.0177. The molecular formula is C27H32BrN3O3. The van der Waals surface area contributed by atoms with Gasteiger partial charge in [0, 0.05) is 35.9 Å². The fourth-order valence-corrected chi connectivity index (χ4v) is 4.53. The van der Waals surface area contributed by atoms with Gasteiger partial charge < -0.3 is 14.4 Å². The lowest BCUT2D eigenvalue weighted by Crippen LogP contribution is -2.42. The number of hydrogen-bond acceptors (Lipinski definition) is 4. The average molecular weight is 526 g/mol. The maximum absolute atomic E-state index is 12.3. The van der Waals surface area contributed by atoms with Crippen molar-refractivity contribution in [1.82, 2.24) is 14.7 Å². The van der Waals surface area contributed by atoms with Gasteiger partial charge in [0.05, 0.1) is 6.20 Å². The van der Waals surface area contributed by atoms with E-state index in [2.05, 4.69) is 45.4 Å². The molecule has 1 aliphatic rings. The monoisotopic (exact) mass is 525 g/mol. The first-order valence-electron chi connectivity index (χ1n) is 11.7. The summed E-state index contributed by atoms with van der Waals surface area (Å²) in [6.07, 6.45) is 5.67. The molecule has 2 heterocycles. The molecule has 3 aromatic rings. The van der Waals surface area contributed by atoms with Crippen molar-refractivity contribution in [3.63, 3.8) is 0 Å². The molecule has 0 unspecified atom stereocenters. The molecule has 34 heavy (non-hydrogen) atoms. The summed E-state index contributed by atoms with van der Waals surface area (Å²) in [4.78, 5) is 14.1. The zero-order chi connectivity index (χ0) is 24.1. The first kappa shape index (κ1) is 24.3. The van der Waals surface area contributed by atoms with Crippen molar-refractivity contribution in [3.05, 3.63) is 71.0 Å². The Morgan fingerprint density at radius 2 is 1.82 bits per heavy atom. The normalized spacial score (nSPS) is 14.8. The number of ether oxygens (including phenoxy) is 2. The highest BCUT2D eigenvalue weighted by Gasteiger charge is 2.27. The molecule has 1 fully saturated rings. The zero-order valence-electron chi connectivity index (χ0n) is 20.0. The lowest BCUT2D eigenvalue weighted by Gasteiger charge is -2.33. The highest BCUT2D eigenvalue weighted by atomic mass is 79.9. The molecular weight excluding hydrogens is 494 g/mol. The summed E-state index contributed by atoms with van der Waals surface area (Å²) >= 11 is 3.61. The maximum Gasteiger partial charge on any atom is 0.410 e. The van der Waals surface area contributed by atoms with Crippen LogP contribution in [0.5, 0.6) is 5.75 Å². The van der Waals surface area contributed by atoms with Gasteiger partial charge in [-0.3, -0.25) is 4.68 Å². The van der Waals surface area contributed by atoms with Crippen molar-refractivity contribution in [1.29, 1.82) is 0 Å². The van der Waals surface area contributed by atoms with Crippen LogP contribution in [0.15, 0.2) is 65.4 Å². The van der Waals surface area contributed by atoms with E-state index in [-0.39, 0.29) is 6.09 Å². The SMILES string of the molecule is CC(C)(C)OC(=O)N1CCC(Cn2cc(-c3cc(Br)cc(OCc4ccccc4)c3)cn2)CC1. The molecule has 1 saturated heterocycles. The van der Waals surface area contributed by atoms with E-state index in [1.54, 1.807) is 0 Å². The summed E-state index contributed by atoms with van der Waals surface area (Å²) in [5.74, 6) is 1.30. The van der Waals surface area contributed by atoms with Gasteiger partial charge in [0.1, 0.15) is 18.0 Å². The van der Waals surface area contributed by atoms with Crippen molar-refractivity contribution in [3.8, 4) is 16.9 Å². The van der Waals surface area contributed by atoms with Crippen LogP contribution >= 0.6 is 15.9 Å². The van der Waals surface area contributed by atoms with Gasteiger partial charge in [-0.25, -0.2) is 4.79 Å². The van der Waals surface area contributed by atoms with E-state index in [0.29, 0.717) is 12.5 Å². The minimum absolute atomic E-state index is 0.215. The molecule has 180 valence electrons. The highest BCUT2D eigenvalue weighted by molar-refractivity contribution is 9.10. The quantitative estimate of drug-likeness (QED) is 0.366. The predicted octanol–water partition coefficient (Wildman–Crippen LogP) is 6.54. The van der Waals surface area contributed by atoms with Crippen LogP contribution in [-0.2, 0) is 17.9 Å². The van der Waals surface area contributed by atoms with Crippen LogP contribution in [0.1, 0.15) is 39.2 Å². The van der Waals surface area contributed by atoms with E-state index in [1.165, 1.54) is 0 Å². The second kappa shape index (κ2) is 10.6. The van der Waals surface area contributed by atoms with Crippen molar-refractivity contribution in [2.24, 2.45) is 5.92 Å². The molecule has 0 spiro atoms. The van der Waals surface area contributed by atoms with Gasteiger partial charge in [-0.05, 0) is 68.9 Å². The largest absolute Gasteiger partial charge is 0.489 e. The number of rotatable bonds is 6. The standard InChI is InChI=1S/C27H32BrN3O3/c1-27(2,3)34-26(32)30-11-9-20(10-12-30)17-31-18-23(16-29-31)22-13-24(28)15-25(14-22)33-19-21-7-5-4-6-8-21/h4-8,13-16,18,20H,9-12,17,19H2,1-3H3. The molecule has 6 nitrogen and oxygen atoms in total. The molecule has 1 amide bonds. The second-order valence-corrected chi connectivity index (χ2v) is 10.7. The van der Waals surface area contributed by atoms with E-state index in [4.69, 9.17) is 9.47 Å². The van der Waals surface area contributed by atoms with Crippen LogP contribution in [0.2, 0.25) is 0 Å². The van der Waals surface area contributed by atoms with E-state index >= 15 is 0 Å². The van der Waals surface area contributed by atoms with E-state index in [1.807, 2.05) is 66.9 Å². The Morgan fingerprint density at radius 3 is 2.53 bits per heavy atom. The Hall–Kier alpha value is -2.80. The Bertz CT molecular complexity index is 1100. The number of carbonyl (C=O) groups excluding carboxylic acids is 1. The second-order valence-electron chi connectivity index (χ2n) is 9.81. The van der Waals surface area contributed by atoms with Gasteiger partial charge in [-0.2, -0.15) is 5.10 Å². The lowest BCUT2D eigenvalue weighted by atomic mass is 9.97. The summed E-state index contributed by atoms with van der Waals surface area (Å²) in [7, 11) is 0. The van der Waals surface area contributed by atoms with Gasteiger partial charge in [-0.1, -0.05) is 46.3 Å². The summed E-state index contributed by atoms with van der Waals surface area (Å²) in [5.41, 5.74) is 2.79. The number of hydrogen-bond donors (Lipinski definition) is 0. The third kappa shape index (κ3) is 6.86. The first-order valence-corrected chi connectivity index (χ1v) is 12.5. The predicted molar refractivity (Wildman–Crippen MR) is 137 cm³/mol. The van der Waals surface area contributed by atoms with Gasteiger partial charge in [0.2, 0.25) is 0 Å². The molecule has 0 radical (unpaired) electrons. The van der Waals surface area contributed by atoms with Crippen LogP contribution in [-0.4, -0.2) is 39.5 Å². The number of benzene rings is 2. The molecule has 0 aliphatic carbocycles. The number of halogens is 1. The molecule has 4 rings (SSSR count). The topological polar surface area (TPSA) is 56.6 Å². The van der Waals surface area contributed by atoms with E-state index in [0.717, 1.165) is 59.4 Å². The Morgan fingerprint density at radius 1 is 1.09 bits per heavy atom. The number of likely N-dealkylation sites (tertiary alicyclic amines) is 1. The van der Waals surface area contributed by atoms with Crippen molar-refractivity contribution >= 4 is 22.0 Å². The molecule has 0 atom stereocenters. The van der Waals surface area contributed by atoms with Gasteiger partial charge >= 0.3 is 6.09 Å². The molecule has 1 aromatic heterocycles. The number of amides is 1. The summed E-state index contributed by atoms with van der Waals surface area (Å²) in [6.45, 7) is 8.51. The van der Waals surface area contributed by atoms with Crippen LogP contribution in [0.3, 0.4) is 0 Å².